The number of aromatic nitrogens is 7. The molecule has 0 radical (unpaired) electrons. The van der Waals surface area contributed by atoms with Gasteiger partial charge >= 0.3 is 0 Å². The minimum atomic E-state index is -0.144. The number of imidazole rings is 1. The average molecular weight is 449 g/mol. The lowest BCUT2D eigenvalue weighted by Crippen LogP contribution is -2.16. The fourth-order valence-corrected chi connectivity index (χ4v) is 3.98. The van der Waals surface area contributed by atoms with Gasteiger partial charge in [0.2, 0.25) is 11.9 Å². The second-order valence-electron chi connectivity index (χ2n) is 7.67. The van der Waals surface area contributed by atoms with Crippen molar-refractivity contribution in [2.75, 3.05) is 23.4 Å². The van der Waals surface area contributed by atoms with Crippen molar-refractivity contribution in [2.45, 2.75) is 12.8 Å². The summed E-state index contributed by atoms with van der Waals surface area (Å²) in [6.45, 7) is 2.05. The van der Waals surface area contributed by atoms with E-state index in [-0.39, 0.29) is 17.8 Å². The molecule has 32 heavy (non-hydrogen) atoms. The van der Waals surface area contributed by atoms with E-state index in [1.54, 1.807) is 6.33 Å². The second kappa shape index (κ2) is 7.34. The molecule has 0 saturated carbocycles. The molecule has 4 aromatic heterocycles. The van der Waals surface area contributed by atoms with E-state index >= 15 is 0 Å². The zero-order valence-electron chi connectivity index (χ0n) is 17.7. The van der Waals surface area contributed by atoms with Crippen molar-refractivity contribution in [1.29, 1.82) is 0 Å². The Bertz CT molecular complexity index is 1470. The number of hydrogen-bond donors (Lipinski definition) is 2. The predicted molar refractivity (Wildman–Crippen MR) is 125 cm³/mol. The van der Waals surface area contributed by atoms with Gasteiger partial charge in [-0.15, -0.1) is 0 Å². The first-order valence-corrected chi connectivity index (χ1v) is 10.3. The van der Waals surface area contributed by atoms with Gasteiger partial charge in [0.05, 0.1) is 22.6 Å². The van der Waals surface area contributed by atoms with Crippen molar-refractivity contribution in [1.82, 2.24) is 34.1 Å². The van der Waals surface area contributed by atoms with Gasteiger partial charge in [0.25, 0.3) is 0 Å². The molecule has 4 heterocycles. The van der Waals surface area contributed by atoms with Gasteiger partial charge in [-0.2, -0.15) is 19.6 Å². The van der Waals surface area contributed by atoms with E-state index in [0.29, 0.717) is 10.7 Å². The Balaban J connectivity index is 1.70. The van der Waals surface area contributed by atoms with Crippen LogP contribution in [0.15, 0.2) is 42.9 Å². The summed E-state index contributed by atoms with van der Waals surface area (Å²) in [5, 5.41) is 6.15. The van der Waals surface area contributed by atoms with Crippen molar-refractivity contribution < 1.29 is 0 Å². The molecule has 0 bridgehead atoms. The highest BCUT2D eigenvalue weighted by molar-refractivity contribution is 6.35. The lowest BCUT2D eigenvalue weighted by Gasteiger charge is -2.22. The number of pyridine rings is 1. The minimum absolute atomic E-state index is 0.103. The molecule has 5 aromatic rings. The number of nitrogens with zero attached hydrogens (tertiary/aromatic N) is 8. The number of aryl methyl sites for hydroxylation is 1. The zero-order valence-corrected chi connectivity index (χ0v) is 18.5. The van der Waals surface area contributed by atoms with Crippen LogP contribution in [-0.4, -0.2) is 41.2 Å². The van der Waals surface area contributed by atoms with E-state index in [0.717, 1.165) is 33.8 Å². The number of para-hydroxylation sites is 1. The van der Waals surface area contributed by atoms with Gasteiger partial charge in [-0.1, -0.05) is 30.7 Å². The second-order valence-corrected chi connectivity index (χ2v) is 8.08. The maximum Gasteiger partial charge on any atom is 0.226 e. The van der Waals surface area contributed by atoms with Gasteiger partial charge in [-0.05, 0) is 12.1 Å². The molecule has 1 unspecified atom stereocenters. The van der Waals surface area contributed by atoms with E-state index in [2.05, 4.69) is 33.0 Å². The van der Waals surface area contributed by atoms with Crippen molar-refractivity contribution in [3.63, 3.8) is 0 Å². The number of rotatable bonds is 4. The van der Waals surface area contributed by atoms with Gasteiger partial charge in [-0.3, -0.25) is 0 Å². The summed E-state index contributed by atoms with van der Waals surface area (Å²) in [6.07, 6.45) is 3.67. The van der Waals surface area contributed by atoms with E-state index in [1.165, 1.54) is 4.52 Å². The number of halogens is 1. The molecule has 1 aromatic carbocycles. The molecule has 0 amide bonds. The molecule has 11 heteroatoms. The number of fused-ring (bicyclic) bond motifs is 2. The van der Waals surface area contributed by atoms with Gasteiger partial charge in [-0.25, -0.2) is 9.97 Å². The van der Waals surface area contributed by atoms with Crippen LogP contribution in [0, 0.1) is 0 Å². The van der Waals surface area contributed by atoms with Crippen LogP contribution in [0.4, 0.5) is 23.5 Å². The highest BCUT2D eigenvalue weighted by Gasteiger charge is 2.23. The minimum Gasteiger partial charge on any atom is -0.368 e. The Kier molecular flexibility index (Phi) is 4.59. The lowest BCUT2D eigenvalue weighted by atomic mass is 9.96. The smallest absolute Gasteiger partial charge is 0.226 e. The fourth-order valence-electron chi connectivity index (χ4n) is 3.75. The summed E-state index contributed by atoms with van der Waals surface area (Å²) in [5.41, 5.74) is 14.7. The number of benzene rings is 1. The topological polar surface area (TPSA) is 129 Å². The molecule has 10 nitrogen and oxygen atoms in total. The number of nitrogen functional groups attached to an aromatic ring is 2. The van der Waals surface area contributed by atoms with Gasteiger partial charge < -0.3 is 20.9 Å². The third-order valence-corrected chi connectivity index (χ3v) is 5.76. The molecular weight excluding hydrogens is 428 g/mol. The summed E-state index contributed by atoms with van der Waals surface area (Å²) in [7, 11) is 3.85. The number of anilines is 4. The van der Waals surface area contributed by atoms with Crippen LogP contribution < -0.4 is 16.4 Å². The van der Waals surface area contributed by atoms with Crippen LogP contribution in [-0.2, 0) is 7.05 Å². The van der Waals surface area contributed by atoms with Gasteiger partial charge in [0, 0.05) is 43.2 Å². The molecule has 0 aliphatic carbocycles. The summed E-state index contributed by atoms with van der Waals surface area (Å²) in [5.74, 6) is 1.63. The first kappa shape index (κ1) is 20.0. The molecule has 4 N–H and O–H groups in total. The molecule has 0 aliphatic rings. The summed E-state index contributed by atoms with van der Waals surface area (Å²) in [4.78, 5) is 19.6. The molecular formula is C21H21ClN10. The Labute approximate surface area is 188 Å². The third-order valence-electron chi connectivity index (χ3n) is 5.45. The van der Waals surface area contributed by atoms with Crippen molar-refractivity contribution in [3.05, 3.63) is 59.1 Å². The quantitative estimate of drug-likeness (QED) is 0.429. The number of nitrogens with two attached hydrogens (primary N) is 2. The molecule has 0 spiro atoms. The molecule has 5 rings (SSSR count). The highest BCUT2D eigenvalue weighted by Crippen LogP contribution is 2.36. The Morgan fingerprint density at radius 3 is 2.69 bits per heavy atom. The summed E-state index contributed by atoms with van der Waals surface area (Å²) >= 11 is 6.46. The zero-order chi connectivity index (χ0) is 22.6. The summed E-state index contributed by atoms with van der Waals surface area (Å²) in [6, 6.07) is 9.67. The Hall–Kier alpha value is -3.92. The highest BCUT2D eigenvalue weighted by atomic mass is 35.5. The standard InChI is InChI=1S/C21H21ClN10/c1-11(15-8-16-26-20(23)28-21(24)32(16)29-15)13-7-12-5-4-6-14(22)18(12)27-19(13)31(3)17-9-30(2)10-25-17/h4-11H,1-3H3,(H4,23,24,26,28). The van der Waals surface area contributed by atoms with Crippen molar-refractivity contribution in [3.8, 4) is 0 Å². The largest absolute Gasteiger partial charge is 0.368 e. The van der Waals surface area contributed by atoms with Gasteiger partial charge in [0.15, 0.2) is 11.5 Å². The SMILES string of the molecule is CC(c1cc2nc(N)nc(N)n2n1)c1cc2cccc(Cl)c2nc1N(C)c1cn(C)cn1. The molecule has 0 fully saturated rings. The molecule has 1 atom stereocenters. The van der Waals surface area contributed by atoms with Crippen molar-refractivity contribution >= 4 is 51.7 Å². The summed E-state index contributed by atoms with van der Waals surface area (Å²) < 4.78 is 3.37. The van der Waals surface area contributed by atoms with Gasteiger partial charge in [0.1, 0.15) is 5.82 Å². The van der Waals surface area contributed by atoms with E-state index in [1.807, 2.05) is 54.0 Å². The molecule has 162 valence electrons. The fraction of sp³-hybridized carbons (Fsp3) is 0.190. The lowest BCUT2D eigenvalue weighted by molar-refractivity contribution is 0.810. The predicted octanol–water partition coefficient (Wildman–Crippen LogP) is 3.14. The van der Waals surface area contributed by atoms with Crippen LogP contribution in [0.25, 0.3) is 16.6 Å². The third kappa shape index (κ3) is 3.25. The van der Waals surface area contributed by atoms with Crippen molar-refractivity contribution in [2.24, 2.45) is 7.05 Å². The Morgan fingerprint density at radius 1 is 1.12 bits per heavy atom. The van der Waals surface area contributed by atoms with E-state index in [9.17, 15) is 0 Å². The van der Waals surface area contributed by atoms with Crippen LogP contribution in [0.5, 0.6) is 0 Å². The van der Waals surface area contributed by atoms with Crippen LogP contribution in [0.1, 0.15) is 24.1 Å². The first-order valence-electron chi connectivity index (χ1n) is 9.91. The first-order chi connectivity index (χ1) is 15.3. The number of hydrogen-bond acceptors (Lipinski definition) is 8. The molecule has 0 aliphatic heterocycles. The maximum atomic E-state index is 6.46. The van der Waals surface area contributed by atoms with Crippen LogP contribution in [0.3, 0.4) is 0 Å². The van der Waals surface area contributed by atoms with E-state index in [4.69, 9.17) is 28.1 Å². The van der Waals surface area contributed by atoms with Crippen LogP contribution in [0.2, 0.25) is 5.02 Å². The monoisotopic (exact) mass is 448 g/mol. The van der Waals surface area contributed by atoms with Crippen LogP contribution >= 0.6 is 11.6 Å². The van der Waals surface area contributed by atoms with E-state index < -0.39 is 0 Å². The normalized spacial score (nSPS) is 12.5. The Morgan fingerprint density at radius 2 is 1.94 bits per heavy atom. The molecule has 0 saturated heterocycles. The maximum absolute atomic E-state index is 6.46. The average Bonchev–Trinajstić information content (AvgIpc) is 3.39.